The second kappa shape index (κ2) is 6.02. The monoisotopic (exact) mass is 258 g/mol. The van der Waals surface area contributed by atoms with Crippen LogP contribution in [0.3, 0.4) is 0 Å². The molecule has 0 aliphatic carbocycles. The van der Waals surface area contributed by atoms with Crippen molar-refractivity contribution >= 4 is 10.9 Å². The van der Waals surface area contributed by atoms with Crippen molar-refractivity contribution in [2.75, 3.05) is 13.7 Å². The Morgan fingerprint density at radius 3 is 2.68 bits per heavy atom. The molecule has 1 N–H and O–H groups in total. The van der Waals surface area contributed by atoms with Crippen LogP contribution in [0.2, 0.25) is 0 Å². The topological polar surface area (TPSA) is 34.1 Å². The Hall–Kier alpha value is -1.61. The fourth-order valence-electron chi connectivity index (χ4n) is 2.12. The van der Waals surface area contributed by atoms with E-state index in [1.807, 2.05) is 32.2 Å². The fourth-order valence-corrected chi connectivity index (χ4v) is 2.12. The number of aryl methyl sites for hydroxylation is 1. The molecule has 0 saturated carbocycles. The first-order chi connectivity index (χ1) is 9.11. The largest absolute Gasteiger partial charge is 0.490 e. The summed E-state index contributed by atoms with van der Waals surface area (Å²) in [6.45, 7) is 7.04. The van der Waals surface area contributed by atoms with Crippen molar-refractivity contribution in [3.63, 3.8) is 0 Å². The number of rotatable bonds is 5. The van der Waals surface area contributed by atoms with Crippen molar-refractivity contribution < 1.29 is 4.74 Å². The molecule has 1 unspecified atom stereocenters. The molecular weight excluding hydrogens is 236 g/mol. The lowest BCUT2D eigenvalue weighted by molar-refractivity contribution is 0.240. The van der Waals surface area contributed by atoms with Crippen LogP contribution in [0.4, 0.5) is 0 Å². The van der Waals surface area contributed by atoms with E-state index in [1.165, 1.54) is 0 Å². The number of para-hydroxylation sites is 1. The fraction of sp³-hybridized carbons (Fsp3) is 0.438. The second-order valence-corrected chi connectivity index (χ2v) is 5.23. The quantitative estimate of drug-likeness (QED) is 0.894. The van der Waals surface area contributed by atoms with Crippen LogP contribution in [0.5, 0.6) is 5.75 Å². The minimum Gasteiger partial charge on any atom is -0.490 e. The third kappa shape index (κ3) is 3.24. The molecular formula is C16H22N2O. The third-order valence-electron chi connectivity index (χ3n) is 3.42. The number of ether oxygens (including phenoxy) is 1. The average Bonchev–Trinajstić information content (AvgIpc) is 2.39. The van der Waals surface area contributed by atoms with Gasteiger partial charge in [0.1, 0.15) is 17.9 Å². The Labute approximate surface area is 115 Å². The maximum Gasteiger partial charge on any atom is 0.145 e. The van der Waals surface area contributed by atoms with Crippen molar-refractivity contribution in [1.82, 2.24) is 10.3 Å². The molecule has 0 spiro atoms. The van der Waals surface area contributed by atoms with E-state index >= 15 is 0 Å². The van der Waals surface area contributed by atoms with E-state index in [1.54, 1.807) is 0 Å². The Balaban J connectivity index is 2.23. The summed E-state index contributed by atoms with van der Waals surface area (Å²) in [5.41, 5.74) is 1.96. The van der Waals surface area contributed by atoms with Gasteiger partial charge in [-0.15, -0.1) is 0 Å². The van der Waals surface area contributed by atoms with Crippen LogP contribution in [0.25, 0.3) is 10.9 Å². The number of pyridine rings is 1. The number of nitrogens with one attached hydrogen (secondary N) is 1. The van der Waals surface area contributed by atoms with Crippen molar-refractivity contribution in [3.05, 3.63) is 36.0 Å². The molecule has 19 heavy (non-hydrogen) atoms. The summed E-state index contributed by atoms with van der Waals surface area (Å²) in [5, 5.41) is 4.40. The number of benzene rings is 1. The van der Waals surface area contributed by atoms with Gasteiger partial charge >= 0.3 is 0 Å². The van der Waals surface area contributed by atoms with Crippen LogP contribution >= 0.6 is 0 Å². The zero-order valence-corrected chi connectivity index (χ0v) is 12.1. The van der Waals surface area contributed by atoms with Gasteiger partial charge in [-0.2, -0.15) is 0 Å². The highest BCUT2D eigenvalue weighted by Gasteiger charge is 2.12. The number of aromatic nitrogens is 1. The summed E-state index contributed by atoms with van der Waals surface area (Å²) >= 11 is 0. The Morgan fingerprint density at radius 2 is 2.00 bits per heavy atom. The molecule has 0 saturated heterocycles. The molecule has 1 atom stereocenters. The number of hydrogen-bond donors (Lipinski definition) is 1. The summed E-state index contributed by atoms with van der Waals surface area (Å²) in [7, 11) is 1.97. The van der Waals surface area contributed by atoms with Crippen molar-refractivity contribution in [2.45, 2.75) is 26.8 Å². The van der Waals surface area contributed by atoms with E-state index in [0.29, 0.717) is 18.6 Å². The number of hydrogen-bond acceptors (Lipinski definition) is 3. The number of fused-ring (bicyclic) bond motifs is 1. The summed E-state index contributed by atoms with van der Waals surface area (Å²) in [6, 6.07) is 10.5. The van der Waals surface area contributed by atoms with Gasteiger partial charge in [-0.1, -0.05) is 32.0 Å². The molecule has 3 nitrogen and oxygen atoms in total. The maximum atomic E-state index is 5.96. The zero-order valence-electron chi connectivity index (χ0n) is 12.1. The summed E-state index contributed by atoms with van der Waals surface area (Å²) in [6.07, 6.45) is 0. The standard InChI is InChI=1S/C16H22N2O/c1-11(2)14(17-4)10-19-15-7-5-6-13-9-8-12(3)18-16(13)15/h5-9,11,14,17H,10H2,1-4H3. The van der Waals surface area contributed by atoms with Crippen LogP contribution in [-0.4, -0.2) is 24.7 Å². The molecule has 102 valence electrons. The van der Waals surface area contributed by atoms with Crippen LogP contribution in [0.1, 0.15) is 19.5 Å². The first-order valence-corrected chi connectivity index (χ1v) is 6.78. The van der Waals surface area contributed by atoms with Gasteiger partial charge in [0, 0.05) is 17.1 Å². The predicted molar refractivity (Wildman–Crippen MR) is 79.7 cm³/mol. The van der Waals surface area contributed by atoms with Crippen molar-refractivity contribution in [2.24, 2.45) is 5.92 Å². The lowest BCUT2D eigenvalue weighted by atomic mass is 10.1. The normalized spacial score (nSPS) is 12.9. The van der Waals surface area contributed by atoms with Gasteiger partial charge in [0.2, 0.25) is 0 Å². The Morgan fingerprint density at radius 1 is 1.21 bits per heavy atom. The summed E-state index contributed by atoms with van der Waals surface area (Å²) in [5.74, 6) is 1.40. The van der Waals surface area contributed by atoms with Crippen LogP contribution in [0, 0.1) is 12.8 Å². The van der Waals surface area contributed by atoms with Gasteiger partial charge in [0.05, 0.1) is 0 Å². The molecule has 0 amide bonds. The van der Waals surface area contributed by atoms with E-state index in [2.05, 4.69) is 36.3 Å². The third-order valence-corrected chi connectivity index (χ3v) is 3.42. The first kappa shape index (κ1) is 13.8. The first-order valence-electron chi connectivity index (χ1n) is 6.78. The van der Waals surface area contributed by atoms with Crippen molar-refractivity contribution in [3.8, 4) is 5.75 Å². The van der Waals surface area contributed by atoms with Gasteiger partial charge in [0.15, 0.2) is 0 Å². The maximum absolute atomic E-state index is 5.96. The molecule has 0 aliphatic rings. The SMILES string of the molecule is CNC(COc1cccc2ccc(C)nc12)C(C)C. The highest BCUT2D eigenvalue weighted by Crippen LogP contribution is 2.24. The second-order valence-electron chi connectivity index (χ2n) is 5.23. The summed E-state index contributed by atoms with van der Waals surface area (Å²) < 4.78 is 5.96. The molecule has 2 rings (SSSR count). The lowest BCUT2D eigenvalue weighted by Gasteiger charge is -2.20. The van der Waals surface area contributed by atoms with Gasteiger partial charge in [-0.3, -0.25) is 0 Å². The molecule has 0 radical (unpaired) electrons. The van der Waals surface area contributed by atoms with E-state index < -0.39 is 0 Å². The van der Waals surface area contributed by atoms with Gasteiger partial charge < -0.3 is 10.1 Å². The van der Waals surface area contributed by atoms with Gasteiger partial charge in [-0.25, -0.2) is 4.98 Å². The van der Waals surface area contributed by atoms with E-state index in [0.717, 1.165) is 22.3 Å². The smallest absolute Gasteiger partial charge is 0.145 e. The molecule has 3 heteroatoms. The van der Waals surface area contributed by atoms with Gasteiger partial charge in [-0.05, 0) is 32.0 Å². The number of likely N-dealkylation sites (N-methyl/N-ethyl adjacent to an activating group) is 1. The highest BCUT2D eigenvalue weighted by atomic mass is 16.5. The molecule has 0 bridgehead atoms. The minimum atomic E-state index is 0.347. The van der Waals surface area contributed by atoms with E-state index in [-0.39, 0.29) is 0 Å². The van der Waals surface area contributed by atoms with Gasteiger partial charge in [0.25, 0.3) is 0 Å². The zero-order chi connectivity index (χ0) is 13.8. The molecule has 1 aromatic heterocycles. The summed E-state index contributed by atoms with van der Waals surface area (Å²) in [4.78, 5) is 4.58. The van der Waals surface area contributed by atoms with E-state index in [9.17, 15) is 0 Å². The van der Waals surface area contributed by atoms with Crippen LogP contribution in [0.15, 0.2) is 30.3 Å². The minimum absolute atomic E-state index is 0.347. The average molecular weight is 258 g/mol. The van der Waals surface area contributed by atoms with Crippen LogP contribution in [-0.2, 0) is 0 Å². The molecule has 1 aromatic carbocycles. The van der Waals surface area contributed by atoms with Crippen LogP contribution < -0.4 is 10.1 Å². The number of nitrogens with zero attached hydrogens (tertiary/aromatic N) is 1. The lowest BCUT2D eigenvalue weighted by Crippen LogP contribution is -2.36. The molecule has 0 aliphatic heterocycles. The molecule has 1 heterocycles. The molecule has 2 aromatic rings. The Kier molecular flexibility index (Phi) is 4.38. The predicted octanol–water partition coefficient (Wildman–Crippen LogP) is 3.17. The Bertz CT molecular complexity index is 551. The molecule has 0 fully saturated rings. The van der Waals surface area contributed by atoms with Crippen molar-refractivity contribution in [1.29, 1.82) is 0 Å². The highest BCUT2D eigenvalue weighted by molar-refractivity contribution is 5.84. The van der Waals surface area contributed by atoms with E-state index in [4.69, 9.17) is 4.74 Å².